The highest BCUT2D eigenvalue weighted by Crippen LogP contribution is 2.16. The summed E-state index contributed by atoms with van der Waals surface area (Å²) in [7, 11) is 0. The first-order valence-electron chi connectivity index (χ1n) is 6.81. The molecule has 0 unspecified atom stereocenters. The number of unbranched alkanes of at least 4 members (excludes halogenated alkanes) is 1. The Bertz CT molecular complexity index is 486. The van der Waals surface area contributed by atoms with Gasteiger partial charge < -0.3 is 15.7 Å². The van der Waals surface area contributed by atoms with Crippen LogP contribution in [-0.2, 0) is 4.79 Å². The lowest BCUT2D eigenvalue weighted by Gasteiger charge is -2.16. The summed E-state index contributed by atoms with van der Waals surface area (Å²) >= 11 is 0. The number of anilines is 1. The number of urea groups is 1. The van der Waals surface area contributed by atoms with E-state index in [0.717, 1.165) is 24.0 Å². The lowest BCUT2D eigenvalue weighted by molar-refractivity contribution is -0.139. The fraction of sp³-hybridized carbons (Fsp3) is 0.467. The number of amides is 2. The van der Waals surface area contributed by atoms with Crippen molar-refractivity contribution in [1.29, 1.82) is 0 Å². The average molecular weight is 278 g/mol. The Kier molecular flexibility index (Phi) is 6.03. The van der Waals surface area contributed by atoms with E-state index in [-0.39, 0.29) is 0 Å². The van der Waals surface area contributed by atoms with Gasteiger partial charge in [-0.1, -0.05) is 31.9 Å². The van der Waals surface area contributed by atoms with E-state index >= 15 is 0 Å². The molecule has 3 N–H and O–H groups in total. The number of carbonyl (C=O) groups is 2. The molecule has 0 radical (unpaired) electrons. The van der Waals surface area contributed by atoms with Gasteiger partial charge in [-0.15, -0.1) is 0 Å². The SMILES string of the molecule is CCCC[C@H](NC(=O)Nc1cc(C)ccc1C)C(=O)O. The zero-order valence-corrected chi connectivity index (χ0v) is 12.2. The van der Waals surface area contributed by atoms with Gasteiger partial charge in [0.1, 0.15) is 6.04 Å². The lowest BCUT2D eigenvalue weighted by Crippen LogP contribution is -2.43. The van der Waals surface area contributed by atoms with Crippen molar-refractivity contribution in [1.82, 2.24) is 5.32 Å². The van der Waals surface area contributed by atoms with Crippen molar-refractivity contribution < 1.29 is 14.7 Å². The van der Waals surface area contributed by atoms with Gasteiger partial charge in [-0.2, -0.15) is 0 Å². The Hall–Kier alpha value is -2.04. The molecule has 0 saturated carbocycles. The van der Waals surface area contributed by atoms with Crippen LogP contribution in [0.25, 0.3) is 0 Å². The maximum Gasteiger partial charge on any atom is 0.326 e. The number of aryl methyl sites for hydroxylation is 2. The van der Waals surface area contributed by atoms with Crippen LogP contribution >= 0.6 is 0 Å². The third kappa shape index (κ3) is 4.91. The first-order chi connectivity index (χ1) is 9.43. The molecule has 0 aromatic heterocycles. The predicted molar refractivity (Wildman–Crippen MR) is 79.0 cm³/mol. The topological polar surface area (TPSA) is 78.4 Å². The van der Waals surface area contributed by atoms with Crippen LogP contribution in [0, 0.1) is 13.8 Å². The predicted octanol–water partition coefficient (Wildman–Crippen LogP) is 3.07. The largest absolute Gasteiger partial charge is 0.480 e. The Morgan fingerprint density at radius 3 is 2.60 bits per heavy atom. The molecule has 1 aromatic carbocycles. The summed E-state index contributed by atoms with van der Waals surface area (Å²) in [6.45, 7) is 5.81. The second-order valence-corrected chi connectivity index (χ2v) is 4.95. The Morgan fingerprint density at radius 2 is 2.00 bits per heavy atom. The van der Waals surface area contributed by atoms with Crippen molar-refractivity contribution in [3.05, 3.63) is 29.3 Å². The van der Waals surface area contributed by atoms with Gasteiger partial charge in [0.25, 0.3) is 0 Å². The molecule has 5 nitrogen and oxygen atoms in total. The molecule has 1 rings (SSSR count). The fourth-order valence-electron chi connectivity index (χ4n) is 1.85. The number of hydrogen-bond donors (Lipinski definition) is 3. The van der Waals surface area contributed by atoms with Crippen LogP contribution in [0.2, 0.25) is 0 Å². The molecule has 5 heteroatoms. The molecule has 20 heavy (non-hydrogen) atoms. The molecule has 2 amide bonds. The number of hydrogen-bond acceptors (Lipinski definition) is 2. The third-order valence-corrected chi connectivity index (χ3v) is 3.09. The average Bonchev–Trinajstić information content (AvgIpc) is 2.38. The number of benzene rings is 1. The second kappa shape index (κ2) is 7.53. The zero-order chi connectivity index (χ0) is 15.1. The van der Waals surface area contributed by atoms with Crippen LogP contribution < -0.4 is 10.6 Å². The number of carboxylic acid groups (broad SMARTS) is 1. The summed E-state index contributed by atoms with van der Waals surface area (Å²) in [5.41, 5.74) is 2.67. The molecule has 0 bridgehead atoms. The van der Waals surface area contributed by atoms with Gasteiger partial charge in [0.15, 0.2) is 0 Å². The summed E-state index contributed by atoms with van der Waals surface area (Å²) in [4.78, 5) is 22.9. The van der Waals surface area contributed by atoms with Gasteiger partial charge in [0.2, 0.25) is 0 Å². The maximum absolute atomic E-state index is 11.9. The van der Waals surface area contributed by atoms with Crippen LogP contribution in [0.15, 0.2) is 18.2 Å². The molecule has 0 aliphatic heterocycles. The highest BCUT2D eigenvalue weighted by molar-refractivity contribution is 5.92. The molecular formula is C15H22N2O3. The molecular weight excluding hydrogens is 256 g/mol. The van der Waals surface area contributed by atoms with E-state index in [4.69, 9.17) is 5.11 Å². The van der Waals surface area contributed by atoms with E-state index in [1.165, 1.54) is 0 Å². The smallest absolute Gasteiger partial charge is 0.326 e. The van der Waals surface area contributed by atoms with Crippen molar-refractivity contribution in [2.24, 2.45) is 0 Å². The number of nitrogens with one attached hydrogen (secondary N) is 2. The van der Waals surface area contributed by atoms with Crippen LogP contribution in [0.5, 0.6) is 0 Å². The number of carboxylic acids is 1. The van der Waals surface area contributed by atoms with Crippen LogP contribution in [-0.4, -0.2) is 23.1 Å². The van der Waals surface area contributed by atoms with Crippen molar-refractivity contribution >= 4 is 17.7 Å². The molecule has 0 spiro atoms. The van der Waals surface area contributed by atoms with E-state index in [1.807, 2.05) is 39.0 Å². The van der Waals surface area contributed by atoms with Crippen molar-refractivity contribution in [3.8, 4) is 0 Å². The molecule has 0 aliphatic carbocycles. The van der Waals surface area contributed by atoms with E-state index in [2.05, 4.69) is 10.6 Å². The first-order valence-corrected chi connectivity index (χ1v) is 6.81. The monoisotopic (exact) mass is 278 g/mol. The quantitative estimate of drug-likeness (QED) is 0.748. The highest BCUT2D eigenvalue weighted by Gasteiger charge is 2.19. The van der Waals surface area contributed by atoms with E-state index in [0.29, 0.717) is 12.1 Å². The number of rotatable bonds is 6. The summed E-state index contributed by atoms with van der Waals surface area (Å²) < 4.78 is 0. The van der Waals surface area contributed by atoms with Crippen molar-refractivity contribution in [3.63, 3.8) is 0 Å². The molecule has 0 aliphatic rings. The van der Waals surface area contributed by atoms with Crippen LogP contribution in [0.1, 0.15) is 37.3 Å². The maximum atomic E-state index is 11.9. The van der Waals surface area contributed by atoms with Crippen LogP contribution in [0.3, 0.4) is 0 Å². The number of aliphatic carboxylic acids is 1. The third-order valence-electron chi connectivity index (χ3n) is 3.09. The van der Waals surface area contributed by atoms with Gasteiger partial charge in [-0.25, -0.2) is 9.59 Å². The minimum atomic E-state index is -1.01. The molecule has 0 saturated heterocycles. The molecule has 1 aromatic rings. The first kappa shape index (κ1) is 16.0. The van der Waals surface area contributed by atoms with Gasteiger partial charge >= 0.3 is 12.0 Å². The lowest BCUT2D eigenvalue weighted by atomic mass is 10.1. The zero-order valence-electron chi connectivity index (χ0n) is 12.2. The summed E-state index contributed by atoms with van der Waals surface area (Å²) in [6.07, 6.45) is 2.09. The second-order valence-electron chi connectivity index (χ2n) is 4.95. The van der Waals surface area contributed by atoms with Crippen molar-refractivity contribution in [2.45, 2.75) is 46.1 Å². The fourth-order valence-corrected chi connectivity index (χ4v) is 1.85. The summed E-state index contributed by atoms with van der Waals surface area (Å²) in [5, 5.41) is 14.3. The normalized spacial score (nSPS) is 11.8. The summed E-state index contributed by atoms with van der Waals surface area (Å²) in [6, 6.07) is 4.40. The standard InChI is InChI=1S/C15H22N2O3/c1-4-5-6-12(14(18)19)16-15(20)17-13-9-10(2)7-8-11(13)3/h7-9,12H,4-6H2,1-3H3,(H,18,19)(H2,16,17,20)/t12-/m0/s1. The molecule has 0 heterocycles. The Balaban J connectivity index is 2.65. The van der Waals surface area contributed by atoms with E-state index in [9.17, 15) is 9.59 Å². The van der Waals surface area contributed by atoms with E-state index in [1.54, 1.807) is 0 Å². The molecule has 110 valence electrons. The summed E-state index contributed by atoms with van der Waals surface area (Å²) in [5.74, 6) is -1.01. The minimum Gasteiger partial charge on any atom is -0.480 e. The van der Waals surface area contributed by atoms with E-state index < -0.39 is 18.0 Å². The van der Waals surface area contributed by atoms with Crippen LogP contribution in [0.4, 0.5) is 10.5 Å². The van der Waals surface area contributed by atoms with Gasteiger partial charge in [0, 0.05) is 5.69 Å². The minimum absolute atomic E-state index is 0.437. The van der Waals surface area contributed by atoms with Gasteiger partial charge in [0.05, 0.1) is 0 Å². The Labute approximate surface area is 119 Å². The highest BCUT2D eigenvalue weighted by atomic mass is 16.4. The number of carbonyl (C=O) groups excluding carboxylic acids is 1. The van der Waals surface area contributed by atoms with Gasteiger partial charge in [-0.3, -0.25) is 0 Å². The van der Waals surface area contributed by atoms with Gasteiger partial charge in [-0.05, 0) is 37.5 Å². The molecule has 1 atom stereocenters. The Morgan fingerprint density at radius 1 is 1.30 bits per heavy atom. The van der Waals surface area contributed by atoms with Crippen molar-refractivity contribution in [2.75, 3.05) is 5.32 Å². The molecule has 0 fully saturated rings.